The lowest BCUT2D eigenvalue weighted by Gasteiger charge is -2.28. The zero-order valence-electron chi connectivity index (χ0n) is 12.0. The fourth-order valence-corrected chi connectivity index (χ4v) is 2.35. The molecule has 3 N–H and O–H groups in total. The first-order valence-corrected chi connectivity index (χ1v) is 7.11. The summed E-state index contributed by atoms with van der Waals surface area (Å²) in [5.41, 5.74) is 2.05. The van der Waals surface area contributed by atoms with Crippen LogP contribution in [0.2, 0.25) is 0 Å². The molecule has 0 radical (unpaired) electrons. The van der Waals surface area contributed by atoms with Crippen LogP contribution < -0.4 is 15.5 Å². The molecule has 0 aliphatic carbocycles. The van der Waals surface area contributed by atoms with Crippen LogP contribution in [-0.2, 0) is 16.0 Å². The van der Waals surface area contributed by atoms with Crippen molar-refractivity contribution in [2.75, 3.05) is 25.0 Å². The zero-order chi connectivity index (χ0) is 14.5. The van der Waals surface area contributed by atoms with Gasteiger partial charge in [0.25, 0.3) is 11.8 Å². The highest BCUT2D eigenvalue weighted by atomic mass is 16.2. The molecule has 1 aliphatic heterocycles. The molecule has 5 nitrogen and oxygen atoms in total. The minimum Gasteiger partial charge on any atom is -0.346 e. The summed E-state index contributed by atoms with van der Waals surface area (Å²) in [6, 6.07) is 7.64. The predicted molar refractivity (Wildman–Crippen MR) is 77.6 cm³/mol. The maximum atomic E-state index is 12.2. The highest BCUT2D eigenvalue weighted by Crippen LogP contribution is 2.09. The Balaban J connectivity index is 1.94. The van der Waals surface area contributed by atoms with E-state index in [2.05, 4.69) is 17.6 Å². The maximum Gasteiger partial charge on any atom is 0.282 e. The quantitative estimate of drug-likeness (QED) is 0.700. The Morgan fingerprint density at radius 1 is 1.40 bits per heavy atom. The van der Waals surface area contributed by atoms with Gasteiger partial charge in [-0.15, -0.1) is 0 Å². The van der Waals surface area contributed by atoms with Crippen LogP contribution >= 0.6 is 0 Å². The zero-order valence-corrected chi connectivity index (χ0v) is 12.0. The molecule has 1 saturated heterocycles. The van der Waals surface area contributed by atoms with Crippen molar-refractivity contribution >= 4 is 17.5 Å². The largest absolute Gasteiger partial charge is 0.346 e. The van der Waals surface area contributed by atoms with Crippen molar-refractivity contribution in [3.63, 3.8) is 0 Å². The summed E-state index contributed by atoms with van der Waals surface area (Å²) < 4.78 is 0. The Kier molecular flexibility index (Phi) is 4.74. The molecule has 1 heterocycles. The number of nitrogens with one attached hydrogen (secondary N) is 3. The van der Waals surface area contributed by atoms with Crippen LogP contribution in [0.15, 0.2) is 24.3 Å². The van der Waals surface area contributed by atoms with E-state index in [4.69, 9.17) is 0 Å². The lowest BCUT2D eigenvalue weighted by molar-refractivity contribution is -0.907. The van der Waals surface area contributed by atoms with E-state index in [1.807, 2.05) is 31.2 Å². The van der Waals surface area contributed by atoms with Gasteiger partial charge in [0.15, 0.2) is 12.6 Å². The van der Waals surface area contributed by atoms with E-state index in [9.17, 15) is 9.59 Å². The van der Waals surface area contributed by atoms with Crippen LogP contribution in [-0.4, -0.2) is 37.5 Å². The number of hydrogen-bond acceptors (Lipinski definition) is 2. The van der Waals surface area contributed by atoms with Gasteiger partial charge in [-0.3, -0.25) is 9.59 Å². The molecule has 0 spiro atoms. The van der Waals surface area contributed by atoms with Gasteiger partial charge in [-0.05, 0) is 31.0 Å². The number of aryl methyl sites for hydroxylation is 1. The molecule has 20 heavy (non-hydrogen) atoms. The minimum absolute atomic E-state index is 0.0122. The Bertz CT molecular complexity index is 484. The standard InChI is InChI=1S/C15H21N3O2/c1-3-12-4-6-13(7-5-12)17-15(20)11(2)18-9-8-16-14(19)10-18/h4-7,11H,3,8-10H2,1-2H3,(H,16,19)(H,17,20)/p+1/t11-/m1/s1. The summed E-state index contributed by atoms with van der Waals surface area (Å²) in [6.45, 7) is 5.75. The SMILES string of the molecule is CCc1ccc(NC(=O)[C@@H](C)[NH+]2CCNC(=O)C2)cc1. The van der Waals surface area contributed by atoms with E-state index < -0.39 is 0 Å². The van der Waals surface area contributed by atoms with E-state index in [0.717, 1.165) is 23.6 Å². The third kappa shape index (κ3) is 3.57. The van der Waals surface area contributed by atoms with E-state index in [1.54, 1.807) is 0 Å². The molecular formula is C15H22N3O2+. The Morgan fingerprint density at radius 2 is 2.10 bits per heavy atom. The summed E-state index contributed by atoms with van der Waals surface area (Å²) in [7, 11) is 0. The molecule has 2 rings (SSSR count). The van der Waals surface area contributed by atoms with Crippen LogP contribution in [0.4, 0.5) is 5.69 Å². The molecule has 1 fully saturated rings. The summed E-state index contributed by atoms with van der Waals surface area (Å²) in [4.78, 5) is 24.6. The monoisotopic (exact) mass is 276 g/mol. The first-order valence-electron chi connectivity index (χ1n) is 7.11. The van der Waals surface area contributed by atoms with Crippen molar-refractivity contribution in [1.82, 2.24) is 5.32 Å². The van der Waals surface area contributed by atoms with E-state index in [0.29, 0.717) is 13.1 Å². The second-order valence-corrected chi connectivity index (χ2v) is 5.20. The van der Waals surface area contributed by atoms with Crippen molar-refractivity contribution in [3.8, 4) is 0 Å². The van der Waals surface area contributed by atoms with Gasteiger partial charge >= 0.3 is 0 Å². The molecule has 5 heteroatoms. The van der Waals surface area contributed by atoms with Crippen LogP contribution in [0, 0.1) is 0 Å². The Hall–Kier alpha value is -1.88. The van der Waals surface area contributed by atoms with Gasteiger partial charge in [-0.2, -0.15) is 0 Å². The van der Waals surface area contributed by atoms with Crippen molar-refractivity contribution in [2.45, 2.75) is 26.3 Å². The Labute approximate surface area is 119 Å². The number of carbonyl (C=O) groups excluding carboxylic acids is 2. The predicted octanol–water partition coefficient (Wildman–Crippen LogP) is -0.409. The number of quaternary nitrogens is 1. The van der Waals surface area contributed by atoms with Gasteiger partial charge in [0, 0.05) is 5.69 Å². The second-order valence-electron chi connectivity index (χ2n) is 5.20. The van der Waals surface area contributed by atoms with Gasteiger partial charge in [0.1, 0.15) is 0 Å². The lowest BCUT2D eigenvalue weighted by atomic mass is 10.1. The fraction of sp³-hybridized carbons (Fsp3) is 0.467. The third-order valence-electron chi connectivity index (χ3n) is 3.79. The van der Waals surface area contributed by atoms with Crippen LogP contribution in [0.1, 0.15) is 19.4 Å². The molecule has 108 valence electrons. The number of rotatable bonds is 4. The lowest BCUT2D eigenvalue weighted by Crippen LogP contribution is -3.19. The van der Waals surface area contributed by atoms with E-state index >= 15 is 0 Å². The highest BCUT2D eigenvalue weighted by molar-refractivity contribution is 5.93. The maximum absolute atomic E-state index is 12.2. The molecule has 1 unspecified atom stereocenters. The summed E-state index contributed by atoms with van der Waals surface area (Å²) >= 11 is 0. The minimum atomic E-state index is -0.230. The normalized spacial score (nSPS) is 20.1. The summed E-state index contributed by atoms with van der Waals surface area (Å²) in [5, 5.41) is 5.69. The smallest absolute Gasteiger partial charge is 0.282 e. The molecule has 1 aromatic rings. The topological polar surface area (TPSA) is 62.6 Å². The van der Waals surface area contributed by atoms with Crippen molar-refractivity contribution in [1.29, 1.82) is 0 Å². The highest BCUT2D eigenvalue weighted by Gasteiger charge is 2.29. The number of anilines is 1. The number of piperazine rings is 1. The van der Waals surface area contributed by atoms with Gasteiger partial charge < -0.3 is 15.5 Å². The van der Waals surface area contributed by atoms with Gasteiger partial charge in [-0.1, -0.05) is 19.1 Å². The van der Waals surface area contributed by atoms with Gasteiger partial charge in [0.2, 0.25) is 0 Å². The second kappa shape index (κ2) is 6.52. The molecule has 0 saturated carbocycles. The number of hydrogen-bond donors (Lipinski definition) is 3. The van der Waals surface area contributed by atoms with Crippen LogP contribution in [0.5, 0.6) is 0 Å². The third-order valence-corrected chi connectivity index (χ3v) is 3.79. The average Bonchev–Trinajstić information content (AvgIpc) is 2.47. The molecular weight excluding hydrogens is 254 g/mol. The van der Waals surface area contributed by atoms with Crippen LogP contribution in [0.25, 0.3) is 0 Å². The first-order chi connectivity index (χ1) is 9.60. The van der Waals surface area contributed by atoms with Crippen LogP contribution in [0.3, 0.4) is 0 Å². The Morgan fingerprint density at radius 3 is 2.70 bits per heavy atom. The van der Waals surface area contributed by atoms with Gasteiger partial charge in [-0.25, -0.2) is 0 Å². The number of amides is 2. The summed E-state index contributed by atoms with van der Waals surface area (Å²) in [5.74, 6) is -0.0304. The van der Waals surface area contributed by atoms with E-state index in [1.165, 1.54) is 5.56 Å². The molecule has 0 bridgehead atoms. The number of benzene rings is 1. The fourth-order valence-electron chi connectivity index (χ4n) is 2.35. The van der Waals surface area contributed by atoms with E-state index in [-0.39, 0.29) is 17.9 Å². The van der Waals surface area contributed by atoms with Crippen molar-refractivity contribution < 1.29 is 14.5 Å². The van der Waals surface area contributed by atoms with Crippen molar-refractivity contribution in [3.05, 3.63) is 29.8 Å². The summed E-state index contributed by atoms with van der Waals surface area (Å²) in [6.07, 6.45) is 0.984. The average molecular weight is 276 g/mol. The molecule has 2 atom stereocenters. The molecule has 0 aromatic heterocycles. The molecule has 1 aliphatic rings. The van der Waals surface area contributed by atoms with Gasteiger partial charge in [0.05, 0.1) is 13.1 Å². The van der Waals surface area contributed by atoms with Crippen molar-refractivity contribution in [2.24, 2.45) is 0 Å². The first kappa shape index (κ1) is 14.5. The molecule has 1 aromatic carbocycles. The molecule has 2 amide bonds. The number of carbonyl (C=O) groups is 2.